The second-order valence-corrected chi connectivity index (χ2v) is 7.12. The van der Waals surface area contributed by atoms with Gasteiger partial charge < -0.3 is 25.4 Å². The van der Waals surface area contributed by atoms with Crippen LogP contribution in [0.4, 0.5) is 10.5 Å². The Morgan fingerprint density at radius 2 is 1.85 bits per heavy atom. The molecule has 1 aromatic rings. The first-order valence-electron chi connectivity index (χ1n) is 9.44. The van der Waals surface area contributed by atoms with E-state index in [1.54, 1.807) is 7.11 Å². The van der Waals surface area contributed by atoms with Gasteiger partial charge in [0.15, 0.2) is 0 Å². The summed E-state index contributed by atoms with van der Waals surface area (Å²) in [6.45, 7) is 3.67. The Labute approximate surface area is 159 Å². The van der Waals surface area contributed by atoms with Gasteiger partial charge in [0.1, 0.15) is 5.75 Å². The van der Waals surface area contributed by atoms with E-state index < -0.39 is 6.09 Å². The van der Waals surface area contributed by atoms with Gasteiger partial charge in [0.2, 0.25) is 5.91 Å². The molecule has 1 aromatic carbocycles. The van der Waals surface area contributed by atoms with Gasteiger partial charge in [-0.3, -0.25) is 9.69 Å². The second kappa shape index (κ2) is 8.94. The fourth-order valence-corrected chi connectivity index (χ4v) is 3.95. The number of carboxylic acid groups (broad SMARTS) is 1. The Bertz CT molecular complexity index is 644. The number of benzene rings is 1. The van der Waals surface area contributed by atoms with Crippen LogP contribution in [0.5, 0.6) is 5.75 Å². The number of methoxy groups -OCH3 is 1. The monoisotopic (exact) mass is 376 g/mol. The maximum atomic E-state index is 11.8. The van der Waals surface area contributed by atoms with E-state index in [0.717, 1.165) is 51.2 Å². The number of likely N-dealkylation sites (tertiary alicyclic amines) is 1. The van der Waals surface area contributed by atoms with E-state index in [4.69, 9.17) is 9.84 Å². The van der Waals surface area contributed by atoms with Crippen LogP contribution in [0.2, 0.25) is 0 Å². The lowest BCUT2D eigenvalue weighted by Gasteiger charge is -2.38. The van der Waals surface area contributed by atoms with Crippen LogP contribution in [0, 0.1) is 0 Å². The van der Waals surface area contributed by atoms with Crippen molar-refractivity contribution in [3.05, 3.63) is 24.3 Å². The third kappa shape index (κ3) is 5.26. The van der Waals surface area contributed by atoms with E-state index in [2.05, 4.69) is 32.6 Å². The number of amides is 2. The number of nitrogens with zero attached hydrogens (tertiary/aromatic N) is 2. The summed E-state index contributed by atoms with van der Waals surface area (Å²) in [5, 5.41) is 13.6. The van der Waals surface area contributed by atoms with Gasteiger partial charge in [0, 0.05) is 44.0 Å². The van der Waals surface area contributed by atoms with Gasteiger partial charge in [0.05, 0.1) is 13.7 Å². The lowest BCUT2D eigenvalue weighted by molar-refractivity contribution is -0.120. The van der Waals surface area contributed by atoms with Crippen LogP contribution < -0.4 is 20.3 Å². The first-order chi connectivity index (χ1) is 13.0. The lowest BCUT2D eigenvalue weighted by Crippen LogP contribution is -2.46. The van der Waals surface area contributed by atoms with Crippen molar-refractivity contribution < 1.29 is 19.4 Å². The molecule has 2 aliphatic heterocycles. The highest BCUT2D eigenvalue weighted by atomic mass is 16.5. The van der Waals surface area contributed by atoms with Crippen molar-refractivity contribution in [2.24, 2.45) is 0 Å². The van der Waals surface area contributed by atoms with Gasteiger partial charge in [-0.2, -0.15) is 0 Å². The number of rotatable bonds is 6. The average Bonchev–Trinajstić information content (AvgIpc) is 3.15. The van der Waals surface area contributed by atoms with Crippen molar-refractivity contribution in [2.45, 2.75) is 31.3 Å². The molecule has 3 rings (SSSR count). The number of hydrogen-bond acceptors (Lipinski definition) is 5. The van der Waals surface area contributed by atoms with Crippen LogP contribution in [-0.2, 0) is 4.79 Å². The van der Waals surface area contributed by atoms with E-state index in [1.165, 1.54) is 5.69 Å². The van der Waals surface area contributed by atoms with E-state index in [-0.39, 0.29) is 18.5 Å². The lowest BCUT2D eigenvalue weighted by atomic mass is 10.0. The Hall–Kier alpha value is -2.48. The minimum absolute atomic E-state index is 0.104. The fraction of sp³-hybridized carbons (Fsp3) is 0.579. The largest absolute Gasteiger partial charge is 0.497 e. The molecule has 3 N–H and O–H groups in total. The second-order valence-electron chi connectivity index (χ2n) is 7.12. The fourth-order valence-electron chi connectivity index (χ4n) is 3.95. The van der Waals surface area contributed by atoms with Gasteiger partial charge in [-0.05, 0) is 43.5 Å². The Balaban J connectivity index is 1.42. The highest BCUT2D eigenvalue weighted by Gasteiger charge is 2.31. The molecule has 27 heavy (non-hydrogen) atoms. The van der Waals surface area contributed by atoms with Crippen molar-refractivity contribution in [1.29, 1.82) is 0 Å². The van der Waals surface area contributed by atoms with E-state index in [1.807, 2.05) is 12.1 Å². The molecular formula is C19H28N4O4. The number of hydrogen-bond donors (Lipinski definition) is 3. The summed E-state index contributed by atoms with van der Waals surface area (Å²) in [6, 6.07) is 8.84. The SMILES string of the molecule is COc1ccc(N2CCC(N3CCC(NC(=O)CNC(=O)O)C3)CC2)cc1. The van der Waals surface area contributed by atoms with Gasteiger partial charge in [-0.25, -0.2) is 4.79 Å². The normalized spacial score (nSPS) is 21.1. The minimum atomic E-state index is -1.18. The number of anilines is 1. The van der Waals surface area contributed by atoms with Gasteiger partial charge in [-0.15, -0.1) is 0 Å². The minimum Gasteiger partial charge on any atom is -0.497 e. The molecular weight excluding hydrogens is 348 g/mol. The van der Waals surface area contributed by atoms with Crippen LogP contribution in [0.15, 0.2) is 24.3 Å². The summed E-state index contributed by atoms with van der Waals surface area (Å²) in [7, 11) is 1.68. The predicted octanol–water partition coefficient (Wildman–Crippen LogP) is 1.12. The molecule has 2 amide bonds. The maximum Gasteiger partial charge on any atom is 0.405 e. The predicted molar refractivity (Wildman–Crippen MR) is 102 cm³/mol. The number of carbonyl (C=O) groups is 2. The highest BCUT2D eigenvalue weighted by Crippen LogP contribution is 2.26. The zero-order valence-electron chi connectivity index (χ0n) is 15.7. The molecule has 1 unspecified atom stereocenters. The quantitative estimate of drug-likeness (QED) is 0.689. The number of ether oxygens (including phenoxy) is 1. The first kappa shape index (κ1) is 19.3. The summed E-state index contributed by atoms with van der Waals surface area (Å²) in [6.07, 6.45) is 1.94. The maximum absolute atomic E-state index is 11.8. The van der Waals surface area contributed by atoms with Crippen LogP contribution >= 0.6 is 0 Å². The molecule has 0 bridgehead atoms. The molecule has 8 nitrogen and oxygen atoms in total. The third-order valence-electron chi connectivity index (χ3n) is 5.40. The van der Waals surface area contributed by atoms with Crippen molar-refractivity contribution in [2.75, 3.05) is 44.7 Å². The smallest absolute Gasteiger partial charge is 0.405 e. The molecule has 0 saturated carbocycles. The summed E-state index contributed by atoms with van der Waals surface area (Å²) in [5.41, 5.74) is 1.23. The topological polar surface area (TPSA) is 94.1 Å². The number of carbonyl (C=O) groups excluding carboxylic acids is 1. The summed E-state index contributed by atoms with van der Waals surface area (Å²) >= 11 is 0. The Morgan fingerprint density at radius 1 is 1.15 bits per heavy atom. The average molecular weight is 376 g/mol. The Kier molecular flexibility index (Phi) is 6.39. The van der Waals surface area contributed by atoms with Crippen molar-refractivity contribution in [1.82, 2.24) is 15.5 Å². The zero-order chi connectivity index (χ0) is 19.2. The van der Waals surface area contributed by atoms with Crippen molar-refractivity contribution in [3.8, 4) is 5.75 Å². The van der Waals surface area contributed by atoms with Crippen molar-refractivity contribution >= 4 is 17.7 Å². The molecule has 2 saturated heterocycles. The molecule has 0 spiro atoms. The zero-order valence-corrected chi connectivity index (χ0v) is 15.7. The van der Waals surface area contributed by atoms with Crippen LogP contribution in [-0.4, -0.2) is 73.9 Å². The van der Waals surface area contributed by atoms with Crippen LogP contribution in [0.3, 0.4) is 0 Å². The van der Waals surface area contributed by atoms with E-state index >= 15 is 0 Å². The van der Waals surface area contributed by atoms with E-state index in [9.17, 15) is 9.59 Å². The first-order valence-corrected chi connectivity index (χ1v) is 9.44. The van der Waals surface area contributed by atoms with Gasteiger partial charge in [0.25, 0.3) is 0 Å². The van der Waals surface area contributed by atoms with Gasteiger partial charge >= 0.3 is 6.09 Å². The summed E-state index contributed by atoms with van der Waals surface area (Å²) in [4.78, 5) is 27.1. The Morgan fingerprint density at radius 3 is 2.48 bits per heavy atom. The molecule has 8 heteroatoms. The standard InChI is InChI=1S/C19H28N4O4/c1-27-17-4-2-15(3-5-17)22-10-7-16(8-11-22)23-9-6-14(13-23)21-18(24)12-20-19(25)26/h2-5,14,16,20H,6-13H2,1H3,(H,21,24)(H,25,26). The molecule has 2 heterocycles. The third-order valence-corrected chi connectivity index (χ3v) is 5.40. The van der Waals surface area contributed by atoms with Gasteiger partial charge in [-0.1, -0.05) is 0 Å². The molecule has 0 aromatic heterocycles. The summed E-state index contributed by atoms with van der Waals surface area (Å²) in [5.74, 6) is 0.607. The molecule has 1 atom stereocenters. The number of nitrogens with one attached hydrogen (secondary N) is 2. The molecule has 2 fully saturated rings. The summed E-state index contributed by atoms with van der Waals surface area (Å²) < 4.78 is 5.22. The van der Waals surface area contributed by atoms with Crippen LogP contribution in [0.25, 0.3) is 0 Å². The molecule has 2 aliphatic rings. The van der Waals surface area contributed by atoms with Crippen LogP contribution in [0.1, 0.15) is 19.3 Å². The highest BCUT2D eigenvalue weighted by molar-refractivity contribution is 5.81. The molecule has 0 radical (unpaired) electrons. The molecule has 148 valence electrons. The molecule has 0 aliphatic carbocycles. The van der Waals surface area contributed by atoms with E-state index in [0.29, 0.717) is 6.04 Å². The number of piperidine rings is 1. The van der Waals surface area contributed by atoms with Crippen molar-refractivity contribution in [3.63, 3.8) is 0 Å².